The molecule has 0 fully saturated rings. The molecule has 3 rings (SSSR count). The Morgan fingerprint density at radius 3 is 2.95 bits per heavy atom. The lowest BCUT2D eigenvalue weighted by atomic mass is 10.1. The topological polar surface area (TPSA) is 79.7 Å². The summed E-state index contributed by atoms with van der Waals surface area (Å²) in [6, 6.07) is 9.06. The summed E-state index contributed by atoms with van der Waals surface area (Å²) in [4.78, 5) is 12.9. The molecule has 19 heavy (non-hydrogen) atoms. The number of furan rings is 1. The van der Waals surface area contributed by atoms with Crippen LogP contribution in [0.1, 0.15) is 21.9 Å². The zero-order valence-corrected chi connectivity index (χ0v) is 10.3. The van der Waals surface area contributed by atoms with E-state index in [1.54, 1.807) is 6.07 Å². The van der Waals surface area contributed by atoms with Gasteiger partial charge in [0.2, 0.25) is 5.76 Å². The van der Waals surface area contributed by atoms with Crippen LogP contribution in [-0.4, -0.2) is 17.6 Å². The molecule has 0 saturated heterocycles. The quantitative estimate of drug-likeness (QED) is 0.824. The standard InChI is InChI=1S/C14H14N2O3/c15-11-3-1-2-9-6-7-16(13(9)11)8-10-4-5-12(19-10)14(17)18/h1-5H,6-8,15H2,(H,17,18). The van der Waals surface area contributed by atoms with E-state index in [0.717, 1.165) is 24.3 Å². The summed E-state index contributed by atoms with van der Waals surface area (Å²) >= 11 is 0. The molecule has 3 N–H and O–H groups in total. The van der Waals surface area contributed by atoms with Gasteiger partial charge in [-0.3, -0.25) is 0 Å². The predicted octanol–water partition coefficient (Wildman–Crippen LogP) is 2.12. The Balaban J connectivity index is 1.84. The number of hydrogen-bond acceptors (Lipinski definition) is 4. The maximum Gasteiger partial charge on any atom is 0.371 e. The van der Waals surface area contributed by atoms with Gasteiger partial charge in [0, 0.05) is 6.54 Å². The van der Waals surface area contributed by atoms with Crippen molar-refractivity contribution in [3.63, 3.8) is 0 Å². The summed E-state index contributed by atoms with van der Waals surface area (Å²) in [5.41, 5.74) is 9.02. The van der Waals surface area contributed by atoms with Crippen molar-refractivity contribution in [1.29, 1.82) is 0 Å². The highest BCUT2D eigenvalue weighted by molar-refractivity contribution is 5.84. The largest absolute Gasteiger partial charge is 0.475 e. The van der Waals surface area contributed by atoms with Crippen molar-refractivity contribution in [2.24, 2.45) is 0 Å². The minimum atomic E-state index is -1.05. The van der Waals surface area contributed by atoms with Crippen LogP contribution in [0.15, 0.2) is 34.7 Å². The lowest BCUT2D eigenvalue weighted by Gasteiger charge is -2.19. The molecule has 0 radical (unpaired) electrons. The van der Waals surface area contributed by atoms with Crippen molar-refractivity contribution in [2.45, 2.75) is 13.0 Å². The van der Waals surface area contributed by atoms with Crippen LogP contribution < -0.4 is 10.6 Å². The molecule has 0 atom stereocenters. The van der Waals surface area contributed by atoms with E-state index in [2.05, 4.69) is 11.0 Å². The van der Waals surface area contributed by atoms with Crippen molar-refractivity contribution in [3.8, 4) is 0 Å². The number of carboxylic acid groups (broad SMARTS) is 1. The van der Waals surface area contributed by atoms with Gasteiger partial charge >= 0.3 is 5.97 Å². The summed E-state index contributed by atoms with van der Waals surface area (Å²) in [6.45, 7) is 1.40. The van der Waals surface area contributed by atoms with Gasteiger partial charge in [-0.05, 0) is 30.2 Å². The highest BCUT2D eigenvalue weighted by Crippen LogP contribution is 2.34. The van der Waals surface area contributed by atoms with Gasteiger partial charge in [0.05, 0.1) is 17.9 Å². The summed E-state index contributed by atoms with van der Waals surface area (Å²) in [7, 11) is 0. The van der Waals surface area contributed by atoms with Crippen molar-refractivity contribution >= 4 is 17.3 Å². The van der Waals surface area contributed by atoms with Crippen LogP contribution in [0.25, 0.3) is 0 Å². The summed E-state index contributed by atoms with van der Waals surface area (Å²) < 4.78 is 5.28. The molecule has 1 aromatic carbocycles. The molecule has 1 aliphatic rings. The molecule has 0 spiro atoms. The second-order valence-electron chi connectivity index (χ2n) is 4.60. The Labute approximate surface area is 110 Å². The first-order chi connectivity index (χ1) is 9.15. The maximum absolute atomic E-state index is 10.8. The van der Waals surface area contributed by atoms with E-state index in [1.807, 2.05) is 12.1 Å². The molecule has 5 nitrogen and oxygen atoms in total. The lowest BCUT2D eigenvalue weighted by molar-refractivity contribution is 0.0660. The van der Waals surface area contributed by atoms with Crippen LogP contribution >= 0.6 is 0 Å². The number of rotatable bonds is 3. The normalized spacial score (nSPS) is 13.6. The number of hydrogen-bond donors (Lipinski definition) is 2. The first-order valence-electron chi connectivity index (χ1n) is 6.09. The molecule has 98 valence electrons. The first-order valence-corrected chi connectivity index (χ1v) is 6.09. The van der Waals surface area contributed by atoms with E-state index < -0.39 is 5.97 Å². The fourth-order valence-electron chi connectivity index (χ4n) is 2.49. The number of nitrogen functional groups attached to an aromatic ring is 1. The first kappa shape index (κ1) is 11.6. The third-order valence-corrected chi connectivity index (χ3v) is 3.34. The highest BCUT2D eigenvalue weighted by Gasteiger charge is 2.22. The third-order valence-electron chi connectivity index (χ3n) is 3.34. The Bertz CT molecular complexity index is 633. The Kier molecular flexibility index (Phi) is 2.67. The second kappa shape index (κ2) is 4.35. The monoisotopic (exact) mass is 258 g/mol. The van der Waals surface area contributed by atoms with Crippen LogP contribution in [0.5, 0.6) is 0 Å². The maximum atomic E-state index is 10.8. The van der Waals surface area contributed by atoms with Crippen molar-refractivity contribution in [3.05, 3.63) is 47.4 Å². The van der Waals surface area contributed by atoms with Gasteiger partial charge in [0.1, 0.15) is 5.76 Å². The number of fused-ring (bicyclic) bond motifs is 1. The van der Waals surface area contributed by atoms with Crippen LogP contribution in [0.3, 0.4) is 0 Å². The number of carboxylic acids is 1. The minimum Gasteiger partial charge on any atom is -0.475 e. The van der Waals surface area contributed by atoms with Crippen molar-refractivity contribution in [2.75, 3.05) is 17.2 Å². The number of benzene rings is 1. The van der Waals surface area contributed by atoms with Gasteiger partial charge in [-0.2, -0.15) is 0 Å². The molecule has 5 heteroatoms. The van der Waals surface area contributed by atoms with Gasteiger partial charge in [-0.25, -0.2) is 4.79 Å². The fourth-order valence-corrected chi connectivity index (χ4v) is 2.49. The Hall–Kier alpha value is -2.43. The summed E-state index contributed by atoms with van der Waals surface area (Å²) in [5, 5.41) is 8.83. The zero-order chi connectivity index (χ0) is 13.4. The molecule has 0 amide bonds. The molecule has 2 aromatic rings. The Morgan fingerprint density at radius 2 is 2.21 bits per heavy atom. The van der Waals surface area contributed by atoms with Gasteiger partial charge in [0.15, 0.2) is 0 Å². The van der Waals surface area contributed by atoms with Crippen LogP contribution in [-0.2, 0) is 13.0 Å². The molecule has 1 aliphatic heterocycles. The number of anilines is 2. The van der Waals surface area contributed by atoms with Gasteiger partial charge < -0.3 is 20.2 Å². The number of para-hydroxylation sites is 1. The number of aromatic carboxylic acids is 1. The molecule has 0 unspecified atom stereocenters. The highest BCUT2D eigenvalue weighted by atomic mass is 16.4. The second-order valence-corrected chi connectivity index (χ2v) is 4.60. The van der Waals surface area contributed by atoms with E-state index in [1.165, 1.54) is 11.6 Å². The SMILES string of the molecule is Nc1cccc2c1N(Cc1ccc(C(=O)O)o1)CC2. The van der Waals surface area contributed by atoms with E-state index in [0.29, 0.717) is 12.3 Å². The van der Waals surface area contributed by atoms with Crippen molar-refractivity contribution in [1.82, 2.24) is 0 Å². The van der Waals surface area contributed by atoms with Crippen LogP contribution in [0, 0.1) is 0 Å². The number of carbonyl (C=O) groups is 1. The van der Waals surface area contributed by atoms with Gasteiger partial charge in [0.25, 0.3) is 0 Å². The summed E-state index contributed by atoms with van der Waals surface area (Å²) in [6.07, 6.45) is 0.951. The minimum absolute atomic E-state index is 0.0320. The average molecular weight is 258 g/mol. The van der Waals surface area contributed by atoms with Crippen LogP contribution in [0.2, 0.25) is 0 Å². The zero-order valence-electron chi connectivity index (χ0n) is 10.3. The molecule has 1 aromatic heterocycles. The molecular formula is C14H14N2O3. The summed E-state index contributed by atoms with van der Waals surface area (Å²) in [5.74, 6) is -0.448. The number of nitrogens with two attached hydrogens (primary N) is 1. The molecule has 2 heterocycles. The number of nitrogens with zero attached hydrogens (tertiary/aromatic N) is 1. The van der Waals surface area contributed by atoms with E-state index in [4.69, 9.17) is 15.3 Å². The van der Waals surface area contributed by atoms with Gasteiger partial charge in [-0.1, -0.05) is 12.1 Å². The van der Waals surface area contributed by atoms with E-state index in [-0.39, 0.29) is 5.76 Å². The van der Waals surface area contributed by atoms with Crippen molar-refractivity contribution < 1.29 is 14.3 Å². The molecular weight excluding hydrogens is 244 g/mol. The van der Waals surface area contributed by atoms with E-state index >= 15 is 0 Å². The lowest BCUT2D eigenvalue weighted by Crippen LogP contribution is -2.20. The fraction of sp³-hybridized carbons (Fsp3) is 0.214. The smallest absolute Gasteiger partial charge is 0.371 e. The van der Waals surface area contributed by atoms with Crippen LogP contribution in [0.4, 0.5) is 11.4 Å². The predicted molar refractivity (Wildman–Crippen MR) is 71.3 cm³/mol. The molecule has 0 saturated carbocycles. The molecule has 0 bridgehead atoms. The third kappa shape index (κ3) is 2.03. The average Bonchev–Trinajstić information content (AvgIpc) is 2.98. The Morgan fingerprint density at radius 1 is 1.37 bits per heavy atom. The molecule has 0 aliphatic carbocycles. The van der Waals surface area contributed by atoms with E-state index in [9.17, 15) is 4.79 Å². The van der Waals surface area contributed by atoms with Gasteiger partial charge in [-0.15, -0.1) is 0 Å².